The molecule has 0 saturated heterocycles. The molecule has 0 fully saturated rings. The lowest BCUT2D eigenvalue weighted by Gasteiger charge is -2.06. The first-order valence-electron chi connectivity index (χ1n) is 4.86. The second-order valence-corrected chi connectivity index (χ2v) is 3.53. The summed E-state index contributed by atoms with van der Waals surface area (Å²) in [6.07, 6.45) is 8.31. The highest BCUT2D eigenvalue weighted by atomic mass is 35.5. The van der Waals surface area contributed by atoms with Crippen molar-refractivity contribution < 1.29 is 4.79 Å². The van der Waals surface area contributed by atoms with E-state index in [0.29, 0.717) is 10.8 Å². The van der Waals surface area contributed by atoms with E-state index < -0.39 is 0 Å². The van der Waals surface area contributed by atoms with E-state index in [9.17, 15) is 4.79 Å². The first kappa shape index (κ1) is 12.5. The van der Waals surface area contributed by atoms with Gasteiger partial charge in [-0.2, -0.15) is 0 Å². The number of aryl methyl sites for hydroxylation is 1. The van der Waals surface area contributed by atoms with Crippen molar-refractivity contribution in [3.63, 3.8) is 0 Å². The molecule has 0 radical (unpaired) electrons. The summed E-state index contributed by atoms with van der Waals surface area (Å²) in [5, 5.41) is 2.98. The van der Waals surface area contributed by atoms with Crippen molar-refractivity contribution in [1.82, 2.24) is 4.98 Å². The van der Waals surface area contributed by atoms with Gasteiger partial charge in [-0.1, -0.05) is 29.8 Å². The van der Waals surface area contributed by atoms with Gasteiger partial charge in [-0.25, -0.2) is 4.98 Å². The van der Waals surface area contributed by atoms with Crippen LogP contribution in [0, 0.1) is 6.92 Å². The van der Waals surface area contributed by atoms with Crippen LogP contribution < -0.4 is 5.32 Å². The highest BCUT2D eigenvalue weighted by Gasteiger charge is 2.06. The normalized spacial score (nSPS) is 11.2. The van der Waals surface area contributed by atoms with Gasteiger partial charge in [-0.05, 0) is 25.5 Å². The van der Waals surface area contributed by atoms with Crippen molar-refractivity contribution in [3.05, 3.63) is 47.3 Å². The number of carbonyl (C=O) groups excluding carboxylic acids is 1. The molecule has 16 heavy (non-hydrogen) atoms. The van der Waals surface area contributed by atoms with Crippen LogP contribution in [-0.2, 0) is 4.79 Å². The van der Waals surface area contributed by atoms with Crippen LogP contribution >= 0.6 is 11.6 Å². The van der Waals surface area contributed by atoms with Crippen LogP contribution in [0.5, 0.6) is 0 Å². The maximum atomic E-state index is 11.5. The Kier molecular flexibility index (Phi) is 4.73. The van der Waals surface area contributed by atoms with Gasteiger partial charge < -0.3 is 5.32 Å². The van der Waals surface area contributed by atoms with Gasteiger partial charge in [0.1, 0.15) is 0 Å². The lowest BCUT2D eigenvalue weighted by atomic mass is 10.2. The van der Waals surface area contributed by atoms with E-state index in [1.165, 1.54) is 6.08 Å². The Hall–Kier alpha value is -1.61. The number of halogens is 1. The Bertz CT molecular complexity index is 418. The number of hydrogen-bond donors (Lipinski definition) is 1. The van der Waals surface area contributed by atoms with Crippen molar-refractivity contribution in [2.45, 2.75) is 13.8 Å². The molecule has 1 heterocycles. The maximum Gasteiger partial charge on any atom is 0.248 e. The largest absolute Gasteiger partial charge is 0.320 e. The summed E-state index contributed by atoms with van der Waals surface area (Å²) in [6, 6.07) is 1.79. The summed E-state index contributed by atoms with van der Waals surface area (Å²) in [7, 11) is 0. The second-order valence-electron chi connectivity index (χ2n) is 3.17. The average Bonchev–Trinajstić information content (AvgIpc) is 2.24. The molecule has 3 nitrogen and oxygen atoms in total. The molecular weight excluding hydrogens is 224 g/mol. The zero-order chi connectivity index (χ0) is 12.0. The lowest BCUT2D eigenvalue weighted by Crippen LogP contribution is -2.09. The molecule has 1 rings (SSSR count). The quantitative estimate of drug-likeness (QED) is 0.498. The molecule has 4 heteroatoms. The smallest absolute Gasteiger partial charge is 0.248 e. The maximum absolute atomic E-state index is 11.5. The summed E-state index contributed by atoms with van der Waals surface area (Å²) in [5.74, 6) is -0.226. The fourth-order valence-corrected chi connectivity index (χ4v) is 1.35. The number of pyridine rings is 1. The van der Waals surface area contributed by atoms with Crippen molar-refractivity contribution in [2.24, 2.45) is 0 Å². The minimum atomic E-state index is -0.226. The van der Waals surface area contributed by atoms with Gasteiger partial charge in [0.15, 0.2) is 5.15 Å². The Morgan fingerprint density at radius 2 is 2.25 bits per heavy atom. The Morgan fingerprint density at radius 1 is 1.50 bits per heavy atom. The van der Waals surface area contributed by atoms with Crippen LogP contribution in [0.3, 0.4) is 0 Å². The molecule has 0 saturated carbocycles. The minimum Gasteiger partial charge on any atom is -0.320 e. The number of amides is 1. The molecule has 0 unspecified atom stereocenters. The number of nitrogens with zero attached hydrogens (tertiary/aromatic N) is 1. The van der Waals surface area contributed by atoms with Gasteiger partial charge in [0.25, 0.3) is 0 Å². The molecule has 0 aliphatic rings. The third kappa shape index (κ3) is 3.51. The standard InChI is InChI=1S/C12H13ClN2O/c1-3-4-5-6-10(16)15-11-9(2)7-8-14-12(11)13/h3-8H,1-2H3,(H,15,16). The van der Waals surface area contributed by atoms with Gasteiger partial charge in [0.05, 0.1) is 5.69 Å². The molecule has 1 aromatic rings. The molecule has 0 aliphatic heterocycles. The van der Waals surface area contributed by atoms with Crippen LogP contribution in [-0.4, -0.2) is 10.9 Å². The summed E-state index contributed by atoms with van der Waals surface area (Å²) < 4.78 is 0. The zero-order valence-corrected chi connectivity index (χ0v) is 9.95. The van der Waals surface area contributed by atoms with Crippen LogP contribution in [0.1, 0.15) is 12.5 Å². The first-order valence-corrected chi connectivity index (χ1v) is 5.24. The predicted molar refractivity (Wildman–Crippen MR) is 66.6 cm³/mol. The number of aromatic nitrogens is 1. The van der Waals surface area contributed by atoms with Crippen molar-refractivity contribution in [3.8, 4) is 0 Å². The molecule has 1 aromatic heterocycles. The Labute approximate surface area is 99.8 Å². The Morgan fingerprint density at radius 3 is 2.88 bits per heavy atom. The lowest BCUT2D eigenvalue weighted by molar-refractivity contribution is -0.111. The molecule has 0 bridgehead atoms. The van der Waals surface area contributed by atoms with Gasteiger partial charge in [-0.15, -0.1) is 0 Å². The summed E-state index contributed by atoms with van der Waals surface area (Å²) in [5.41, 5.74) is 1.44. The summed E-state index contributed by atoms with van der Waals surface area (Å²) >= 11 is 5.87. The number of nitrogens with one attached hydrogen (secondary N) is 1. The van der Waals surface area contributed by atoms with E-state index >= 15 is 0 Å². The molecular formula is C12H13ClN2O. The third-order valence-electron chi connectivity index (χ3n) is 1.91. The average molecular weight is 237 g/mol. The second kappa shape index (κ2) is 6.08. The van der Waals surface area contributed by atoms with Crippen molar-refractivity contribution in [2.75, 3.05) is 5.32 Å². The Balaban J connectivity index is 2.77. The third-order valence-corrected chi connectivity index (χ3v) is 2.20. The molecule has 0 aliphatic carbocycles. The predicted octanol–water partition coefficient (Wildman–Crippen LogP) is 3.11. The molecule has 1 N–H and O–H groups in total. The molecule has 0 aromatic carbocycles. The van der Waals surface area contributed by atoms with Crippen LogP contribution in [0.25, 0.3) is 0 Å². The van der Waals surface area contributed by atoms with Gasteiger partial charge in [0, 0.05) is 12.3 Å². The fraction of sp³-hybridized carbons (Fsp3) is 0.167. The zero-order valence-electron chi connectivity index (χ0n) is 9.20. The SMILES string of the molecule is CC=CC=CC(=O)Nc1c(C)ccnc1Cl. The number of rotatable bonds is 3. The highest BCUT2D eigenvalue weighted by molar-refractivity contribution is 6.32. The molecule has 1 amide bonds. The van der Waals surface area contributed by atoms with Crippen LogP contribution in [0.2, 0.25) is 5.15 Å². The van der Waals surface area contributed by atoms with Crippen LogP contribution in [0.15, 0.2) is 36.6 Å². The summed E-state index contributed by atoms with van der Waals surface area (Å²) in [4.78, 5) is 15.4. The molecule has 84 valence electrons. The van der Waals surface area contributed by atoms with E-state index in [2.05, 4.69) is 10.3 Å². The van der Waals surface area contributed by atoms with Gasteiger partial charge in [-0.3, -0.25) is 4.79 Å². The van der Waals surface area contributed by atoms with Crippen molar-refractivity contribution >= 4 is 23.2 Å². The van der Waals surface area contributed by atoms with E-state index in [1.807, 2.05) is 19.9 Å². The monoisotopic (exact) mass is 236 g/mol. The van der Waals surface area contributed by atoms with E-state index in [-0.39, 0.29) is 5.91 Å². The first-order chi connectivity index (χ1) is 7.65. The van der Waals surface area contributed by atoms with Gasteiger partial charge >= 0.3 is 0 Å². The van der Waals surface area contributed by atoms with E-state index in [4.69, 9.17) is 11.6 Å². The number of hydrogen-bond acceptors (Lipinski definition) is 2. The molecule has 0 atom stereocenters. The van der Waals surface area contributed by atoms with Gasteiger partial charge in [0.2, 0.25) is 5.91 Å². The van der Waals surface area contributed by atoms with E-state index in [1.54, 1.807) is 24.4 Å². The highest BCUT2D eigenvalue weighted by Crippen LogP contribution is 2.22. The molecule has 0 spiro atoms. The number of anilines is 1. The van der Waals surface area contributed by atoms with Crippen molar-refractivity contribution in [1.29, 1.82) is 0 Å². The van der Waals surface area contributed by atoms with E-state index in [0.717, 1.165) is 5.56 Å². The number of carbonyl (C=O) groups is 1. The minimum absolute atomic E-state index is 0.226. The fourth-order valence-electron chi connectivity index (χ4n) is 1.09. The topological polar surface area (TPSA) is 42.0 Å². The number of allylic oxidation sites excluding steroid dienone is 3. The summed E-state index contributed by atoms with van der Waals surface area (Å²) in [6.45, 7) is 3.74. The van der Waals surface area contributed by atoms with Crippen LogP contribution in [0.4, 0.5) is 5.69 Å².